The van der Waals surface area contributed by atoms with Gasteiger partial charge in [-0.25, -0.2) is 4.99 Å². The molecule has 2 aliphatic heterocycles. The highest BCUT2D eigenvalue weighted by Crippen LogP contribution is 2.32. The van der Waals surface area contributed by atoms with E-state index >= 15 is 0 Å². The molecule has 17 heavy (non-hydrogen) atoms. The lowest BCUT2D eigenvalue weighted by molar-refractivity contribution is 0.222. The van der Waals surface area contributed by atoms with Crippen molar-refractivity contribution in [2.24, 2.45) is 10.7 Å². The third kappa shape index (κ3) is 1.95. The van der Waals surface area contributed by atoms with Gasteiger partial charge in [-0.15, -0.1) is 0 Å². The Hall–Kier alpha value is -1.71. The number of amidine groups is 1. The standard InChI is InChI=1S/C13H17N3O/c14-12-15-13(10-17-12)6-8-16(9-7-13)11-4-2-1-3-5-11/h1-5H,6-10H2,(H2,14,15). The van der Waals surface area contributed by atoms with Gasteiger partial charge in [-0.1, -0.05) is 18.2 Å². The van der Waals surface area contributed by atoms with Crippen molar-refractivity contribution < 1.29 is 4.74 Å². The van der Waals surface area contributed by atoms with Crippen LogP contribution in [0.4, 0.5) is 5.69 Å². The summed E-state index contributed by atoms with van der Waals surface area (Å²) in [4.78, 5) is 6.85. The summed E-state index contributed by atoms with van der Waals surface area (Å²) in [6.07, 6.45) is 2.03. The number of aliphatic imine (C=N–C) groups is 1. The van der Waals surface area contributed by atoms with Crippen molar-refractivity contribution in [1.82, 2.24) is 0 Å². The van der Waals surface area contributed by atoms with E-state index in [1.807, 2.05) is 6.07 Å². The Morgan fingerprint density at radius 2 is 1.88 bits per heavy atom. The van der Waals surface area contributed by atoms with Crippen LogP contribution >= 0.6 is 0 Å². The van der Waals surface area contributed by atoms with E-state index in [-0.39, 0.29) is 5.54 Å². The molecule has 1 fully saturated rings. The quantitative estimate of drug-likeness (QED) is 0.794. The molecule has 2 N–H and O–H groups in total. The predicted octanol–water partition coefficient (Wildman–Crippen LogP) is 1.37. The monoisotopic (exact) mass is 231 g/mol. The lowest BCUT2D eigenvalue weighted by Gasteiger charge is -2.37. The van der Waals surface area contributed by atoms with Gasteiger partial charge in [0.05, 0.1) is 0 Å². The SMILES string of the molecule is NC1=NC2(CCN(c3ccccc3)CC2)CO1. The number of benzene rings is 1. The van der Waals surface area contributed by atoms with Crippen molar-refractivity contribution in [3.8, 4) is 0 Å². The first kappa shape index (κ1) is 10.4. The van der Waals surface area contributed by atoms with E-state index in [1.54, 1.807) is 0 Å². The Kier molecular flexibility index (Phi) is 2.42. The molecule has 0 atom stereocenters. The van der Waals surface area contributed by atoms with Gasteiger partial charge >= 0.3 is 0 Å². The van der Waals surface area contributed by atoms with Crippen LogP contribution in [-0.2, 0) is 4.74 Å². The molecule has 2 aliphatic rings. The van der Waals surface area contributed by atoms with Gasteiger partial charge in [-0.2, -0.15) is 0 Å². The van der Waals surface area contributed by atoms with Crippen LogP contribution in [-0.4, -0.2) is 31.3 Å². The van der Waals surface area contributed by atoms with E-state index < -0.39 is 0 Å². The highest BCUT2D eigenvalue weighted by atomic mass is 16.5. The van der Waals surface area contributed by atoms with Gasteiger partial charge in [0.2, 0.25) is 0 Å². The van der Waals surface area contributed by atoms with Gasteiger partial charge in [-0.05, 0) is 25.0 Å². The molecule has 1 saturated heterocycles. The fourth-order valence-electron chi connectivity index (χ4n) is 2.58. The van der Waals surface area contributed by atoms with Gasteiger partial charge in [0.15, 0.2) is 0 Å². The zero-order chi connectivity index (χ0) is 11.7. The number of nitrogens with two attached hydrogens (primary N) is 1. The number of para-hydroxylation sites is 1. The maximum atomic E-state index is 5.60. The normalized spacial score (nSPS) is 22.4. The third-order valence-corrected chi connectivity index (χ3v) is 3.65. The van der Waals surface area contributed by atoms with Crippen LogP contribution in [0.25, 0.3) is 0 Å². The molecule has 0 bridgehead atoms. The molecule has 3 rings (SSSR count). The number of hydrogen-bond acceptors (Lipinski definition) is 4. The smallest absolute Gasteiger partial charge is 0.282 e. The molecule has 1 aromatic rings. The van der Waals surface area contributed by atoms with Crippen LogP contribution in [0.1, 0.15) is 12.8 Å². The molecule has 2 heterocycles. The Balaban J connectivity index is 1.69. The Bertz CT molecular complexity index is 422. The highest BCUT2D eigenvalue weighted by molar-refractivity contribution is 5.73. The minimum absolute atomic E-state index is 0.0463. The van der Waals surface area contributed by atoms with Gasteiger partial charge in [0, 0.05) is 18.8 Å². The average molecular weight is 231 g/mol. The van der Waals surface area contributed by atoms with E-state index in [0.717, 1.165) is 25.9 Å². The van der Waals surface area contributed by atoms with E-state index in [9.17, 15) is 0 Å². The number of hydrogen-bond donors (Lipinski definition) is 1. The molecular formula is C13H17N3O. The summed E-state index contributed by atoms with van der Waals surface area (Å²) >= 11 is 0. The molecule has 0 aliphatic carbocycles. The molecule has 0 radical (unpaired) electrons. The molecule has 0 unspecified atom stereocenters. The maximum Gasteiger partial charge on any atom is 0.282 e. The lowest BCUT2D eigenvalue weighted by atomic mass is 9.89. The molecule has 4 heteroatoms. The zero-order valence-corrected chi connectivity index (χ0v) is 9.80. The van der Waals surface area contributed by atoms with Crippen LogP contribution in [0, 0.1) is 0 Å². The summed E-state index contributed by atoms with van der Waals surface area (Å²) in [7, 11) is 0. The van der Waals surface area contributed by atoms with Crippen LogP contribution in [0.5, 0.6) is 0 Å². The molecular weight excluding hydrogens is 214 g/mol. The predicted molar refractivity (Wildman–Crippen MR) is 68.2 cm³/mol. The number of rotatable bonds is 1. The zero-order valence-electron chi connectivity index (χ0n) is 9.80. The number of nitrogens with zero attached hydrogens (tertiary/aromatic N) is 2. The first-order chi connectivity index (χ1) is 8.27. The van der Waals surface area contributed by atoms with E-state index in [4.69, 9.17) is 10.5 Å². The highest BCUT2D eigenvalue weighted by Gasteiger charge is 2.39. The Morgan fingerprint density at radius 1 is 1.18 bits per heavy atom. The van der Waals surface area contributed by atoms with Gasteiger partial charge < -0.3 is 15.4 Å². The Morgan fingerprint density at radius 3 is 2.47 bits per heavy atom. The molecule has 0 amide bonds. The molecule has 0 saturated carbocycles. The molecule has 4 nitrogen and oxygen atoms in total. The maximum absolute atomic E-state index is 5.60. The van der Waals surface area contributed by atoms with Crippen molar-refractivity contribution in [1.29, 1.82) is 0 Å². The molecule has 1 spiro atoms. The topological polar surface area (TPSA) is 50.8 Å². The van der Waals surface area contributed by atoms with Crippen LogP contribution in [0.3, 0.4) is 0 Å². The first-order valence-corrected chi connectivity index (χ1v) is 6.06. The minimum Gasteiger partial charge on any atom is -0.463 e. The van der Waals surface area contributed by atoms with Crippen molar-refractivity contribution in [2.75, 3.05) is 24.6 Å². The summed E-state index contributed by atoms with van der Waals surface area (Å²) in [6, 6.07) is 10.9. The third-order valence-electron chi connectivity index (χ3n) is 3.65. The second kappa shape index (κ2) is 3.95. The van der Waals surface area contributed by atoms with Gasteiger partial charge in [-0.3, -0.25) is 0 Å². The largest absolute Gasteiger partial charge is 0.463 e. The summed E-state index contributed by atoms with van der Waals surface area (Å²) in [5, 5.41) is 0. The van der Waals surface area contributed by atoms with Gasteiger partial charge in [0.1, 0.15) is 12.1 Å². The van der Waals surface area contributed by atoms with E-state index in [1.165, 1.54) is 5.69 Å². The fourth-order valence-corrected chi connectivity index (χ4v) is 2.58. The van der Waals surface area contributed by atoms with Crippen molar-refractivity contribution >= 4 is 11.7 Å². The minimum atomic E-state index is -0.0463. The van der Waals surface area contributed by atoms with Gasteiger partial charge in [0.25, 0.3) is 6.02 Å². The summed E-state index contributed by atoms with van der Waals surface area (Å²) in [6.45, 7) is 2.69. The average Bonchev–Trinajstić information content (AvgIpc) is 2.73. The number of anilines is 1. The summed E-state index contributed by atoms with van der Waals surface area (Å²) < 4.78 is 5.30. The van der Waals surface area contributed by atoms with Crippen LogP contribution in [0.2, 0.25) is 0 Å². The summed E-state index contributed by atoms with van der Waals surface area (Å²) in [5.41, 5.74) is 6.84. The van der Waals surface area contributed by atoms with Crippen LogP contribution < -0.4 is 10.6 Å². The second-order valence-corrected chi connectivity index (χ2v) is 4.79. The molecule has 1 aromatic carbocycles. The van der Waals surface area contributed by atoms with E-state index in [2.05, 4.69) is 34.2 Å². The van der Waals surface area contributed by atoms with Crippen molar-refractivity contribution in [3.05, 3.63) is 30.3 Å². The first-order valence-electron chi connectivity index (χ1n) is 6.06. The summed E-state index contributed by atoms with van der Waals surface area (Å²) in [5.74, 6) is 0. The van der Waals surface area contributed by atoms with Crippen LogP contribution in [0.15, 0.2) is 35.3 Å². The number of piperidine rings is 1. The number of ether oxygens (including phenoxy) is 1. The van der Waals surface area contributed by atoms with Crippen molar-refractivity contribution in [3.63, 3.8) is 0 Å². The fraction of sp³-hybridized carbons (Fsp3) is 0.462. The van der Waals surface area contributed by atoms with E-state index in [0.29, 0.717) is 12.6 Å². The van der Waals surface area contributed by atoms with Crippen molar-refractivity contribution in [2.45, 2.75) is 18.4 Å². The lowest BCUT2D eigenvalue weighted by Crippen LogP contribution is -2.44. The molecule has 0 aromatic heterocycles. The second-order valence-electron chi connectivity index (χ2n) is 4.79. The Labute approximate surface area is 101 Å². The molecule has 90 valence electrons.